The van der Waals surface area contributed by atoms with Crippen LogP contribution in [0.25, 0.3) is 0 Å². The predicted octanol–water partition coefficient (Wildman–Crippen LogP) is 0.472. The number of halogens is 1. The first-order valence-corrected chi connectivity index (χ1v) is 9.27. The second-order valence-electron chi connectivity index (χ2n) is 3.36. The molecular weight excluding hydrogens is 306 g/mol. The molecule has 0 bridgehead atoms. The van der Waals surface area contributed by atoms with E-state index in [1.54, 1.807) is 0 Å². The van der Waals surface area contributed by atoms with Crippen LogP contribution in [-0.2, 0) is 19.9 Å². The Morgan fingerprint density at radius 1 is 1.27 bits per heavy atom. The van der Waals surface area contributed by atoms with E-state index < -0.39 is 24.9 Å². The molecule has 0 aliphatic heterocycles. The van der Waals surface area contributed by atoms with Crippen LogP contribution in [0.2, 0.25) is 0 Å². The van der Waals surface area contributed by atoms with E-state index in [1.807, 2.05) is 6.92 Å². The SMILES string of the molecule is CCC(CCBr)NS(=O)(=O)CS(C)(=O)=O. The van der Waals surface area contributed by atoms with E-state index in [1.165, 1.54) is 0 Å². The highest BCUT2D eigenvalue weighted by molar-refractivity contribution is 9.09. The molecule has 5 nitrogen and oxygen atoms in total. The van der Waals surface area contributed by atoms with Gasteiger partial charge >= 0.3 is 0 Å². The van der Waals surface area contributed by atoms with Gasteiger partial charge in [-0.25, -0.2) is 21.6 Å². The molecule has 0 heterocycles. The van der Waals surface area contributed by atoms with Crippen molar-refractivity contribution in [2.75, 3.05) is 16.7 Å². The molecule has 0 aromatic carbocycles. The lowest BCUT2D eigenvalue weighted by atomic mass is 10.2. The Hall–Kier alpha value is 0.340. The zero-order valence-electron chi connectivity index (χ0n) is 8.73. The fourth-order valence-electron chi connectivity index (χ4n) is 1.05. The first-order valence-electron chi connectivity index (χ1n) is 4.44. The number of sulfone groups is 1. The zero-order chi connectivity index (χ0) is 12.1. The highest BCUT2D eigenvalue weighted by Gasteiger charge is 2.21. The van der Waals surface area contributed by atoms with Crippen molar-refractivity contribution in [3.63, 3.8) is 0 Å². The van der Waals surface area contributed by atoms with Gasteiger partial charge in [-0.15, -0.1) is 0 Å². The Morgan fingerprint density at radius 3 is 2.13 bits per heavy atom. The topological polar surface area (TPSA) is 80.3 Å². The fourth-order valence-corrected chi connectivity index (χ4v) is 4.92. The van der Waals surface area contributed by atoms with Crippen LogP contribution in [0.1, 0.15) is 19.8 Å². The van der Waals surface area contributed by atoms with Crippen LogP contribution in [-0.4, -0.2) is 39.5 Å². The van der Waals surface area contributed by atoms with Crippen LogP contribution < -0.4 is 4.72 Å². The van der Waals surface area contributed by atoms with E-state index in [-0.39, 0.29) is 6.04 Å². The lowest BCUT2D eigenvalue weighted by Crippen LogP contribution is -2.37. The van der Waals surface area contributed by atoms with Gasteiger partial charge in [0.2, 0.25) is 10.0 Å². The molecular formula is C7H16BrNO4S2. The van der Waals surface area contributed by atoms with Crippen molar-refractivity contribution < 1.29 is 16.8 Å². The monoisotopic (exact) mass is 321 g/mol. The highest BCUT2D eigenvalue weighted by Crippen LogP contribution is 2.04. The van der Waals surface area contributed by atoms with Crippen LogP contribution in [0.5, 0.6) is 0 Å². The number of sulfonamides is 1. The van der Waals surface area contributed by atoms with Crippen molar-refractivity contribution in [3.8, 4) is 0 Å². The van der Waals surface area contributed by atoms with Crippen LogP contribution in [0.4, 0.5) is 0 Å². The van der Waals surface area contributed by atoms with Crippen molar-refractivity contribution in [1.82, 2.24) is 4.72 Å². The summed E-state index contributed by atoms with van der Waals surface area (Å²) in [5, 5.41) is -0.175. The number of hydrogen-bond acceptors (Lipinski definition) is 4. The highest BCUT2D eigenvalue weighted by atomic mass is 79.9. The number of hydrogen-bond donors (Lipinski definition) is 1. The minimum absolute atomic E-state index is 0.212. The van der Waals surface area contributed by atoms with Crippen molar-refractivity contribution in [3.05, 3.63) is 0 Å². The van der Waals surface area contributed by atoms with Crippen molar-refractivity contribution in [2.45, 2.75) is 25.8 Å². The number of rotatable bonds is 7. The van der Waals surface area contributed by atoms with E-state index in [4.69, 9.17) is 0 Å². The van der Waals surface area contributed by atoms with Gasteiger partial charge in [-0.3, -0.25) is 0 Å². The van der Waals surface area contributed by atoms with Gasteiger partial charge in [0.05, 0.1) is 0 Å². The van der Waals surface area contributed by atoms with Crippen molar-refractivity contribution >= 4 is 35.8 Å². The zero-order valence-corrected chi connectivity index (χ0v) is 12.0. The molecule has 0 spiro atoms. The third kappa shape index (κ3) is 8.18. The minimum atomic E-state index is -3.73. The second-order valence-corrected chi connectivity index (χ2v) is 8.41. The molecule has 0 saturated carbocycles. The summed E-state index contributed by atoms with van der Waals surface area (Å²) >= 11 is 3.21. The molecule has 0 amide bonds. The second kappa shape index (κ2) is 6.17. The summed E-state index contributed by atoms with van der Waals surface area (Å²) in [6.07, 6.45) is 2.17. The predicted molar refractivity (Wildman–Crippen MR) is 64.3 cm³/mol. The summed E-state index contributed by atoms with van der Waals surface area (Å²) < 4.78 is 46.8. The van der Waals surface area contributed by atoms with Crippen molar-refractivity contribution in [1.29, 1.82) is 0 Å². The summed E-state index contributed by atoms with van der Waals surface area (Å²) in [6, 6.07) is -0.212. The van der Waals surface area contributed by atoms with Crippen LogP contribution in [0.3, 0.4) is 0 Å². The van der Waals surface area contributed by atoms with Gasteiger partial charge < -0.3 is 0 Å². The Bertz CT molecular complexity index is 376. The molecule has 0 saturated heterocycles. The molecule has 0 aromatic rings. The van der Waals surface area contributed by atoms with Crippen LogP contribution >= 0.6 is 15.9 Å². The van der Waals surface area contributed by atoms with Gasteiger partial charge in [0, 0.05) is 17.6 Å². The molecule has 0 aliphatic rings. The molecule has 15 heavy (non-hydrogen) atoms. The summed E-state index contributed by atoms with van der Waals surface area (Å²) in [6.45, 7) is 1.84. The van der Waals surface area contributed by atoms with E-state index in [9.17, 15) is 16.8 Å². The first kappa shape index (κ1) is 15.3. The summed E-state index contributed by atoms with van der Waals surface area (Å²) in [5.74, 6) is 0. The summed E-state index contributed by atoms with van der Waals surface area (Å²) in [4.78, 5) is 0. The van der Waals surface area contributed by atoms with Crippen molar-refractivity contribution in [2.24, 2.45) is 0 Å². The third-order valence-electron chi connectivity index (χ3n) is 1.67. The Balaban J connectivity index is 4.49. The summed E-state index contributed by atoms with van der Waals surface area (Å²) in [7, 11) is -7.24. The van der Waals surface area contributed by atoms with Gasteiger partial charge in [-0.05, 0) is 12.8 Å². The lowest BCUT2D eigenvalue weighted by molar-refractivity contribution is 0.535. The van der Waals surface area contributed by atoms with Gasteiger partial charge in [0.15, 0.2) is 14.9 Å². The third-order valence-corrected chi connectivity index (χ3v) is 5.77. The normalized spacial score (nSPS) is 15.1. The maximum atomic E-state index is 11.4. The van der Waals surface area contributed by atoms with Crippen LogP contribution in [0.15, 0.2) is 0 Å². The first-order chi connectivity index (χ1) is 6.70. The van der Waals surface area contributed by atoms with Gasteiger partial charge in [-0.1, -0.05) is 22.9 Å². The average molecular weight is 322 g/mol. The van der Waals surface area contributed by atoms with E-state index in [0.29, 0.717) is 18.2 Å². The largest absolute Gasteiger partial charge is 0.228 e. The molecule has 1 N–H and O–H groups in total. The van der Waals surface area contributed by atoms with Gasteiger partial charge in [-0.2, -0.15) is 0 Å². The molecule has 0 radical (unpaired) electrons. The maximum Gasteiger partial charge on any atom is 0.226 e. The van der Waals surface area contributed by atoms with E-state index in [2.05, 4.69) is 20.7 Å². The lowest BCUT2D eigenvalue weighted by Gasteiger charge is -2.15. The molecule has 1 atom stereocenters. The average Bonchev–Trinajstić information content (AvgIpc) is 1.98. The molecule has 0 fully saturated rings. The minimum Gasteiger partial charge on any atom is -0.228 e. The smallest absolute Gasteiger partial charge is 0.226 e. The number of nitrogens with one attached hydrogen (secondary N) is 1. The van der Waals surface area contributed by atoms with E-state index >= 15 is 0 Å². The molecule has 8 heteroatoms. The molecule has 92 valence electrons. The quantitative estimate of drug-likeness (QED) is 0.691. The molecule has 0 aliphatic carbocycles. The summed E-state index contributed by atoms with van der Waals surface area (Å²) in [5.41, 5.74) is 0. The number of alkyl halides is 1. The Morgan fingerprint density at radius 2 is 1.80 bits per heavy atom. The fraction of sp³-hybridized carbons (Fsp3) is 1.00. The van der Waals surface area contributed by atoms with Gasteiger partial charge in [0.1, 0.15) is 0 Å². The molecule has 0 aromatic heterocycles. The molecule has 1 unspecified atom stereocenters. The van der Waals surface area contributed by atoms with Gasteiger partial charge in [0.25, 0.3) is 0 Å². The maximum absolute atomic E-state index is 11.4. The molecule has 0 rings (SSSR count). The Labute approximate surface area is 99.7 Å². The Kier molecular flexibility index (Phi) is 6.31. The van der Waals surface area contributed by atoms with Crippen LogP contribution in [0, 0.1) is 0 Å². The standard InChI is InChI=1S/C7H16BrNO4S2/c1-3-7(4-5-8)9-15(12,13)6-14(2,10)11/h7,9H,3-6H2,1-2H3. The van der Waals surface area contributed by atoms with E-state index in [0.717, 1.165) is 6.26 Å².